The van der Waals surface area contributed by atoms with Crippen LogP contribution in [0.5, 0.6) is 0 Å². The third-order valence-corrected chi connectivity index (χ3v) is 5.81. The van der Waals surface area contributed by atoms with Crippen LogP contribution >= 0.6 is 0 Å². The lowest BCUT2D eigenvalue weighted by Crippen LogP contribution is -2.17. The van der Waals surface area contributed by atoms with Gasteiger partial charge < -0.3 is 4.90 Å². The van der Waals surface area contributed by atoms with E-state index in [1.165, 1.54) is 36.9 Å². The smallest absolute Gasteiger partial charge is 0.0887 e. The highest BCUT2D eigenvalue weighted by molar-refractivity contribution is 5.55. The second kappa shape index (κ2) is 10.8. The van der Waals surface area contributed by atoms with Gasteiger partial charge in [0.15, 0.2) is 0 Å². The number of hydrogen-bond acceptors (Lipinski definition) is 5. The average Bonchev–Trinajstić information content (AvgIpc) is 3.37. The van der Waals surface area contributed by atoms with Gasteiger partial charge in [-0.05, 0) is 98.3 Å². The van der Waals surface area contributed by atoms with Crippen LogP contribution in [0.15, 0.2) is 87.2 Å². The Morgan fingerprint density at radius 2 is 1.31 bits per heavy atom. The highest BCUT2D eigenvalue weighted by Crippen LogP contribution is 2.28. The summed E-state index contributed by atoms with van der Waals surface area (Å²) in [4.78, 5) is 2.42. The van der Waals surface area contributed by atoms with E-state index in [9.17, 15) is 0 Å². The molecule has 0 saturated carbocycles. The Labute approximate surface area is 190 Å². The number of aryl methyl sites for hydroxylation is 2. The summed E-state index contributed by atoms with van der Waals surface area (Å²) in [5.41, 5.74) is 7.01. The van der Waals surface area contributed by atoms with Crippen molar-refractivity contribution in [2.75, 3.05) is 18.0 Å². The van der Waals surface area contributed by atoms with E-state index in [1.807, 2.05) is 49.4 Å². The van der Waals surface area contributed by atoms with Gasteiger partial charge in [0.2, 0.25) is 0 Å². The third-order valence-electron chi connectivity index (χ3n) is 5.81. The van der Waals surface area contributed by atoms with Crippen LogP contribution in [0.4, 0.5) is 28.4 Å². The lowest BCUT2D eigenvalue weighted by Gasteiger charge is -2.17. The van der Waals surface area contributed by atoms with Crippen molar-refractivity contribution >= 4 is 28.4 Å². The van der Waals surface area contributed by atoms with Crippen LogP contribution in [0, 0.1) is 6.92 Å². The van der Waals surface area contributed by atoms with E-state index in [0.29, 0.717) is 0 Å². The molecule has 1 aliphatic heterocycles. The van der Waals surface area contributed by atoms with E-state index >= 15 is 0 Å². The predicted molar refractivity (Wildman–Crippen MR) is 132 cm³/mol. The van der Waals surface area contributed by atoms with Crippen molar-refractivity contribution in [3.63, 3.8) is 0 Å². The quantitative estimate of drug-likeness (QED) is 0.333. The molecule has 0 atom stereocenters. The van der Waals surface area contributed by atoms with Gasteiger partial charge in [-0.3, -0.25) is 0 Å². The SMILES string of the molecule is CCCCc1ccc(/N=N/c2ccc(/N=N/c3ccc(N4CCCC4)cc3)cc2C)cc1. The molecular weight excluding hydrogens is 394 g/mol. The lowest BCUT2D eigenvalue weighted by molar-refractivity contribution is 0.795. The second-order valence-corrected chi connectivity index (χ2v) is 8.35. The maximum absolute atomic E-state index is 4.42. The first-order valence-corrected chi connectivity index (χ1v) is 11.6. The van der Waals surface area contributed by atoms with E-state index < -0.39 is 0 Å². The predicted octanol–water partition coefficient (Wildman–Crippen LogP) is 8.77. The van der Waals surface area contributed by atoms with Crippen LogP contribution in [-0.2, 0) is 6.42 Å². The standard InChI is InChI=1S/C27H31N5/c1-3-4-7-22-8-10-23(11-9-22)29-31-27-17-14-25(20-21(27)2)30-28-24-12-15-26(16-13-24)32-18-5-6-19-32/h8-17,20H,3-7,18-19H2,1-2H3/b30-28+,31-29+. The maximum Gasteiger partial charge on any atom is 0.0887 e. The summed E-state index contributed by atoms with van der Waals surface area (Å²) in [6, 6.07) is 22.5. The molecule has 164 valence electrons. The summed E-state index contributed by atoms with van der Waals surface area (Å²) in [6.07, 6.45) is 6.10. The molecule has 0 aliphatic carbocycles. The number of anilines is 1. The van der Waals surface area contributed by atoms with Crippen molar-refractivity contribution in [2.45, 2.75) is 46.0 Å². The number of nitrogens with zero attached hydrogens (tertiary/aromatic N) is 5. The fraction of sp³-hybridized carbons (Fsp3) is 0.333. The molecule has 5 heteroatoms. The fourth-order valence-corrected chi connectivity index (χ4v) is 3.86. The molecule has 1 aliphatic rings. The van der Waals surface area contributed by atoms with Crippen molar-refractivity contribution in [1.29, 1.82) is 0 Å². The minimum absolute atomic E-state index is 0.811. The first kappa shape index (κ1) is 21.9. The molecular formula is C27H31N5. The van der Waals surface area contributed by atoms with Gasteiger partial charge in [-0.15, -0.1) is 0 Å². The van der Waals surface area contributed by atoms with Gasteiger partial charge in [-0.2, -0.15) is 20.5 Å². The van der Waals surface area contributed by atoms with Crippen LogP contribution in [0.2, 0.25) is 0 Å². The Bertz CT molecular complexity index is 1060. The van der Waals surface area contributed by atoms with E-state index in [4.69, 9.17) is 0 Å². The first-order chi connectivity index (χ1) is 15.7. The lowest BCUT2D eigenvalue weighted by atomic mass is 10.1. The van der Waals surface area contributed by atoms with Gasteiger partial charge in [0.05, 0.1) is 22.7 Å². The number of benzene rings is 3. The summed E-state index contributed by atoms with van der Waals surface area (Å²) >= 11 is 0. The molecule has 32 heavy (non-hydrogen) atoms. The summed E-state index contributed by atoms with van der Waals surface area (Å²) in [7, 11) is 0. The summed E-state index contributed by atoms with van der Waals surface area (Å²) in [5.74, 6) is 0. The van der Waals surface area contributed by atoms with Gasteiger partial charge in [-0.25, -0.2) is 0 Å². The zero-order valence-corrected chi connectivity index (χ0v) is 19.0. The molecule has 0 aromatic heterocycles. The number of unbranched alkanes of at least 4 members (excludes halogenated alkanes) is 1. The van der Waals surface area contributed by atoms with Crippen molar-refractivity contribution in [3.8, 4) is 0 Å². The minimum atomic E-state index is 0.811. The average molecular weight is 426 g/mol. The highest BCUT2D eigenvalue weighted by Gasteiger charge is 2.11. The number of hydrogen-bond donors (Lipinski definition) is 0. The van der Waals surface area contributed by atoms with Crippen molar-refractivity contribution in [1.82, 2.24) is 0 Å². The van der Waals surface area contributed by atoms with Gasteiger partial charge in [0, 0.05) is 18.8 Å². The van der Waals surface area contributed by atoms with Crippen LogP contribution in [0.3, 0.4) is 0 Å². The van der Waals surface area contributed by atoms with Crippen LogP contribution in [-0.4, -0.2) is 13.1 Å². The van der Waals surface area contributed by atoms with Crippen molar-refractivity contribution in [3.05, 3.63) is 77.9 Å². The largest absolute Gasteiger partial charge is 0.372 e. The molecule has 0 N–H and O–H groups in total. The topological polar surface area (TPSA) is 52.7 Å². The van der Waals surface area contributed by atoms with Gasteiger partial charge in [0.25, 0.3) is 0 Å². The second-order valence-electron chi connectivity index (χ2n) is 8.35. The number of rotatable bonds is 8. The van der Waals surface area contributed by atoms with Crippen molar-refractivity contribution in [2.24, 2.45) is 20.5 Å². The van der Waals surface area contributed by atoms with Crippen LogP contribution in [0.1, 0.15) is 43.7 Å². The zero-order chi connectivity index (χ0) is 22.2. The zero-order valence-electron chi connectivity index (χ0n) is 19.0. The van der Waals surface area contributed by atoms with Gasteiger partial charge in [0.1, 0.15) is 0 Å². The minimum Gasteiger partial charge on any atom is -0.372 e. The van der Waals surface area contributed by atoms with Crippen LogP contribution in [0.25, 0.3) is 0 Å². The molecule has 0 spiro atoms. The monoisotopic (exact) mass is 425 g/mol. The summed E-state index contributed by atoms with van der Waals surface area (Å²) in [5, 5.41) is 17.6. The molecule has 1 fully saturated rings. The van der Waals surface area contributed by atoms with Gasteiger partial charge >= 0.3 is 0 Å². The molecule has 3 aromatic carbocycles. The molecule has 5 nitrogen and oxygen atoms in total. The molecule has 1 saturated heterocycles. The summed E-state index contributed by atoms with van der Waals surface area (Å²) < 4.78 is 0. The Kier molecular flexibility index (Phi) is 7.38. The van der Waals surface area contributed by atoms with Gasteiger partial charge in [-0.1, -0.05) is 25.5 Å². The summed E-state index contributed by atoms with van der Waals surface area (Å²) in [6.45, 7) is 6.53. The number of azo groups is 2. The Hall–Kier alpha value is -3.34. The maximum atomic E-state index is 4.42. The molecule has 3 aromatic rings. The van der Waals surface area contributed by atoms with Crippen LogP contribution < -0.4 is 4.90 Å². The highest BCUT2D eigenvalue weighted by atomic mass is 15.1. The third kappa shape index (κ3) is 5.88. The molecule has 0 amide bonds. The Morgan fingerprint density at radius 3 is 1.97 bits per heavy atom. The van der Waals surface area contributed by atoms with E-state index in [0.717, 1.165) is 47.8 Å². The fourth-order valence-electron chi connectivity index (χ4n) is 3.86. The van der Waals surface area contributed by atoms with E-state index in [1.54, 1.807) is 0 Å². The molecule has 4 rings (SSSR count). The normalized spacial score (nSPS) is 14.1. The Balaban J connectivity index is 1.37. The molecule has 0 unspecified atom stereocenters. The molecule has 1 heterocycles. The van der Waals surface area contributed by atoms with Crippen molar-refractivity contribution < 1.29 is 0 Å². The first-order valence-electron chi connectivity index (χ1n) is 11.6. The van der Waals surface area contributed by atoms with E-state index in [2.05, 4.69) is 56.5 Å². The Morgan fingerprint density at radius 1 is 0.719 bits per heavy atom. The molecule has 0 bridgehead atoms. The van der Waals surface area contributed by atoms with E-state index in [-0.39, 0.29) is 0 Å². The molecule has 0 radical (unpaired) electrons.